The van der Waals surface area contributed by atoms with Crippen molar-refractivity contribution >= 4 is 11.3 Å². The third kappa shape index (κ3) is 1.81. The van der Waals surface area contributed by atoms with Crippen molar-refractivity contribution in [2.45, 2.75) is 18.1 Å². The third-order valence-corrected chi connectivity index (χ3v) is 6.09. The van der Waals surface area contributed by atoms with Crippen molar-refractivity contribution in [3.8, 4) is 23.0 Å². The van der Waals surface area contributed by atoms with E-state index in [1.54, 1.807) is 11.3 Å². The Balaban J connectivity index is 1.61. The molecule has 2 aromatic carbocycles. The lowest BCUT2D eigenvalue weighted by molar-refractivity contribution is -0.146. The minimum Gasteiger partial charge on any atom is -0.454 e. The van der Waals surface area contributed by atoms with E-state index >= 15 is 0 Å². The molecule has 0 spiro atoms. The van der Waals surface area contributed by atoms with Crippen molar-refractivity contribution in [1.29, 1.82) is 0 Å². The zero-order valence-electron chi connectivity index (χ0n) is 13.2. The molecule has 0 amide bonds. The van der Waals surface area contributed by atoms with E-state index in [2.05, 4.69) is 29.6 Å². The maximum absolute atomic E-state index is 6.47. The molecule has 3 aromatic rings. The van der Waals surface area contributed by atoms with Gasteiger partial charge >= 0.3 is 0 Å². The van der Waals surface area contributed by atoms with Crippen LogP contribution in [0.4, 0.5) is 0 Å². The summed E-state index contributed by atoms with van der Waals surface area (Å²) in [6, 6.07) is 16.3. The number of hydrogen-bond donors (Lipinski definition) is 0. The minimum absolute atomic E-state index is 0.199. The fraction of sp³-hybridized carbons (Fsp3) is 0.200. The summed E-state index contributed by atoms with van der Waals surface area (Å²) in [6.07, 6.45) is 0.747. The van der Waals surface area contributed by atoms with Gasteiger partial charge in [-0.1, -0.05) is 24.3 Å². The van der Waals surface area contributed by atoms with E-state index in [9.17, 15) is 0 Å². The van der Waals surface area contributed by atoms with Gasteiger partial charge in [0.05, 0.1) is 4.88 Å². The molecule has 3 aliphatic heterocycles. The van der Waals surface area contributed by atoms with Crippen molar-refractivity contribution in [2.75, 3.05) is 6.79 Å². The first-order chi connectivity index (χ1) is 12.3. The normalized spacial score (nSPS) is 24.7. The van der Waals surface area contributed by atoms with E-state index in [1.165, 1.54) is 5.56 Å². The average molecular weight is 350 g/mol. The highest BCUT2D eigenvalue weighted by molar-refractivity contribution is 7.10. The first-order valence-electron chi connectivity index (χ1n) is 8.27. The Labute approximate surface area is 148 Å². The molecule has 0 fully saturated rings. The lowest BCUT2D eigenvalue weighted by atomic mass is 9.80. The molecule has 0 radical (unpaired) electrons. The molecule has 1 aromatic heterocycles. The Hall–Kier alpha value is -2.66. The van der Waals surface area contributed by atoms with Crippen LogP contribution in [0.1, 0.15) is 28.3 Å². The van der Waals surface area contributed by atoms with Gasteiger partial charge in [-0.2, -0.15) is 0 Å². The second-order valence-electron chi connectivity index (χ2n) is 6.47. The van der Waals surface area contributed by atoms with Crippen LogP contribution in [-0.4, -0.2) is 6.79 Å². The third-order valence-electron chi connectivity index (χ3n) is 5.09. The van der Waals surface area contributed by atoms with E-state index in [4.69, 9.17) is 18.9 Å². The molecule has 5 heteroatoms. The maximum Gasteiger partial charge on any atom is 0.288 e. The number of hydrogen-bond acceptors (Lipinski definition) is 5. The van der Waals surface area contributed by atoms with Gasteiger partial charge in [0.1, 0.15) is 11.5 Å². The molecule has 0 saturated heterocycles. The molecule has 4 nitrogen and oxygen atoms in total. The summed E-state index contributed by atoms with van der Waals surface area (Å²) in [5, 5.41) is 2.06. The molecular weight excluding hydrogens is 336 g/mol. The Morgan fingerprint density at radius 3 is 2.56 bits per heavy atom. The Morgan fingerprint density at radius 2 is 1.68 bits per heavy atom. The van der Waals surface area contributed by atoms with Crippen molar-refractivity contribution in [2.24, 2.45) is 0 Å². The molecular formula is C20H14O4S. The summed E-state index contributed by atoms with van der Waals surface area (Å²) < 4.78 is 24.0. The summed E-state index contributed by atoms with van der Waals surface area (Å²) in [6.45, 7) is 0.256. The van der Waals surface area contributed by atoms with Gasteiger partial charge in [-0.3, -0.25) is 0 Å². The largest absolute Gasteiger partial charge is 0.454 e. The van der Waals surface area contributed by atoms with Crippen LogP contribution >= 0.6 is 11.3 Å². The van der Waals surface area contributed by atoms with Crippen LogP contribution in [0.3, 0.4) is 0 Å². The monoisotopic (exact) mass is 350 g/mol. The van der Waals surface area contributed by atoms with Crippen LogP contribution in [0.25, 0.3) is 0 Å². The van der Waals surface area contributed by atoms with Gasteiger partial charge in [0.25, 0.3) is 5.79 Å². The van der Waals surface area contributed by atoms with Gasteiger partial charge in [-0.15, -0.1) is 11.3 Å². The Kier molecular flexibility index (Phi) is 2.56. The zero-order chi connectivity index (χ0) is 16.4. The average Bonchev–Trinajstić information content (AvgIpc) is 3.32. The van der Waals surface area contributed by atoms with Gasteiger partial charge in [0.15, 0.2) is 11.5 Å². The number of ether oxygens (including phenoxy) is 4. The van der Waals surface area contributed by atoms with E-state index in [0.29, 0.717) is 0 Å². The van der Waals surface area contributed by atoms with Gasteiger partial charge in [0.2, 0.25) is 6.79 Å². The van der Waals surface area contributed by atoms with Gasteiger partial charge < -0.3 is 18.9 Å². The lowest BCUT2D eigenvalue weighted by Gasteiger charge is -2.45. The highest BCUT2D eigenvalue weighted by atomic mass is 32.1. The number of rotatable bonds is 1. The molecule has 6 rings (SSSR count). The van der Waals surface area contributed by atoms with Crippen LogP contribution in [-0.2, 0) is 5.79 Å². The predicted molar refractivity (Wildman–Crippen MR) is 92.7 cm³/mol. The molecule has 4 heterocycles. The summed E-state index contributed by atoms with van der Waals surface area (Å²) in [4.78, 5) is 1.08. The molecule has 2 bridgehead atoms. The number of para-hydroxylation sites is 1. The Morgan fingerprint density at radius 1 is 0.840 bits per heavy atom. The zero-order valence-corrected chi connectivity index (χ0v) is 14.0. The summed E-state index contributed by atoms with van der Waals surface area (Å²) in [7, 11) is 0. The molecule has 0 N–H and O–H groups in total. The number of thiophene rings is 1. The fourth-order valence-electron chi connectivity index (χ4n) is 3.97. The first kappa shape index (κ1) is 13.6. The summed E-state index contributed by atoms with van der Waals surface area (Å²) in [5.74, 6) is 2.63. The fourth-order valence-corrected chi connectivity index (χ4v) is 4.78. The van der Waals surface area contributed by atoms with Crippen LogP contribution in [0.2, 0.25) is 0 Å². The maximum atomic E-state index is 6.47. The minimum atomic E-state index is -0.784. The van der Waals surface area contributed by atoms with Crippen molar-refractivity contribution < 1.29 is 18.9 Å². The second kappa shape index (κ2) is 4.70. The molecule has 2 atom stereocenters. The molecule has 0 saturated carbocycles. The first-order valence-corrected chi connectivity index (χ1v) is 9.15. The van der Waals surface area contributed by atoms with Gasteiger partial charge in [0, 0.05) is 29.5 Å². The molecule has 3 aliphatic rings. The molecule has 124 valence electrons. The molecule has 25 heavy (non-hydrogen) atoms. The summed E-state index contributed by atoms with van der Waals surface area (Å²) >= 11 is 1.66. The van der Waals surface area contributed by atoms with Crippen LogP contribution in [0.15, 0.2) is 53.9 Å². The summed E-state index contributed by atoms with van der Waals surface area (Å²) in [5.41, 5.74) is 2.32. The lowest BCUT2D eigenvalue weighted by Crippen LogP contribution is -2.46. The second-order valence-corrected chi connectivity index (χ2v) is 7.42. The SMILES string of the molecule is c1csc([C@]23C[C@H](c4ccccc4O2)c2cc4c(cc2O3)OCO4)c1. The highest BCUT2D eigenvalue weighted by Crippen LogP contribution is 2.57. The van der Waals surface area contributed by atoms with Gasteiger partial charge in [-0.05, 0) is 23.6 Å². The van der Waals surface area contributed by atoms with E-state index in [-0.39, 0.29) is 12.7 Å². The van der Waals surface area contributed by atoms with Crippen molar-refractivity contribution in [1.82, 2.24) is 0 Å². The smallest absolute Gasteiger partial charge is 0.288 e. The van der Waals surface area contributed by atoms with Gasteiger partial charge in [-0.25, -0.2) is 0 Å². The van der Waals surface area contributed by atoms with E-state index in [0.717, 1.165) is 39.9 Å². The molecule has 0 aliphatic carbocycles. The van der Waals surface area contributed by atoms with E-state index in [1.807, 2.05) is 24.3 Å². The number of benzene rings is 2. The van der Waals surface area contributed by atoms with Crippen molar-refractivity contribution in [3.05, 3.63) is 69.9 Å². The standard InChI is InChI=1S/C20H14O4S/c1-2-5-15-12(4-1)14-10-20(23-15,19-6-3-7-25-19)24-16-9-18-17(8-13(14)16)21-11-22-18/h1-9,14H,10-11H2/t14-,20-/m1/s1. The Bertz CT molecular complexity index is 981. The van der Waals surface area contributed by atoms with Crippen LogP contribution < -0.4 is 18.9 Å². The quantitative estimate of drug-likeness (QED) is 0.641. The molecule has 0 unspecified atom stereocenters. The predicted octanol–water partition coefficient (Wildman–Crippen LogP) is 4.64. The van der Waals surface area contributed by atoms with E-state index < -0.39 is 5.79 Å². The van der Waals surface area contributed by atoms with Crippen molar-refractivity contribution in [3.63, 3.8) is 0 Å². The topological polar surface area (TPSA) is 36.9 Å². The van der Waals surface area contributed by atoms with Crippen LogP contribution in [0, 0.1) is 0 Å². The van der Waals surface area contributed by atoms with Crippen LogP contribution in [0.5, 0.6) is 23.0 Å². The number of fused-ring (bicyclic) bond motifs is 7. The highest BCUT2D eigenvalue weighted by Gasteiger charge is 2.50.